The molecular formula is C8H12Cl2. The van der Waals surface area contributed by atoms with Crippen molar-refractivity contribution in [3.8, 4) is 0 Å². The number of halogens is 2. The van der Waals surface area contributed by atoms with Gasteiger partial charge >= 0.3 is 0 Å². The Morgan fingerprint density at radius 2 is 1.10 bits per heavy atom. The maximum atomic E-state index is 5.42. The van der Waals surface area contributed by atoms with Gasteiger partial charge in [-0.25, -0.2) is 0 Å². The van der Waals surface area contributed by atoms with Crippen LogP contribution in [0.2, 0.25) is 0 Å². The first-order valence-electron chi connectivity index (χ1n) is 3.33. The van der Waals surface area contributed by atoms with Crippen LogP contribution in [0, 0.1) is 0 Å². The molecule has 0 unspecified atom stereocenters. The Kier molecular flexibility index (Phi) is 9.11. The van der Waals surface area contributed by atoms with E-state index < -0.39 is 0 Å². The van der Waals surface area contributed by atoms with Crippen molar-refractivity contribution in [2.75, 3.05) is 11.8 Å². The highest BCUT2D eigenvalue weighted by molar-refractivity contribution is 6.19. The summed E-state index contributed by atoms with van der Waals surface area (Å²) in [6.07, 6.45) is 10.2. The van der Waals surface area contributed by atoms with Gasteiger partial charge in [0.1, 0.15) is 0 Å². The Balaban J connectivity index is 3.04. The van der Waals surface area contributed by atoms with Crippen LogP contribution >= 0.6 is 23.2 Å². The first-order chi connectivity index (χ1) is 4.91. The van der Waals surface area contributed by atoms with Crippen LogP contribution in [0.5, 0.6) is 0 Å². The molecule has 0 bridgehead atoms. The Labute approximate surface area is 72.5 Å². The monoisotopic (exact) mass is 178 g/mol. The second kappa shape index (κ2) is 9.06. The number of unbranched alkanes of at least 4 members (excludes halogenated alkanes) is 1. The van der Waals surface area contributed by atoms with Gasteiger partial charge < -0.3 is 0 Å². The lowest BCUT2D eigenvalue weighted by molar-refractivity contribution is 1.05. The van der Waals surface area contributed by atoms with Gasteiger partial charge in [-0.3, -0.25) is 0 Å². The van der Waals surface area contributed by atoms with Crippen LogP contribution in [-0.4, -0.2) is 11.8 Å². The quantitative estimate of drug-likeness (QED) is 0.345. The van der Waals surface area contributed by atoms with Gasteiger partial charge in [0.05, 0.1) is 0 Å². The number of alkyl halides is 2. The van der Waals surface area contributed by atoms with E-state index in [0.29, 0.717) is 11.8 Å². The molecule has 0 N–H and O–H groups in total. The molecule has 58 valence electrons. The zero-order valence-corrected chi connectivity index (χ0v) is 7.41. The van der Waals surface area contributed by atoms with Crippen molar-refractivity contribution in [3.05, 3.63) is 24.3 Å². The topological polar surface area (TPSA) is 0 Å². The molecule has 0 atom stereocenters. The lowest BCUT2D eigenvalue weighted by Crippen LogP contribution is -1.66. The highest BCUT2D eigenvalue weighted by Gasteiger charge is 1.74. The molecular weight excluding hydrogens is 167 g/mol. The molecule has 0 heterocycles. The molecule has 0 aromatic carbocycles. The molecule has 0 spiro atoms. The average Bonchev–Trinajstić information content (AvgIpc) is 1.97. The summed E-state index contributed by atoms with van der Waals surface area (Å²) in [6.45, 7) is 0. The van der Waals surface area contributed by atoms with Gasteiger partial charge in [-0.2, -0.15) is 0 Å². The van der Waals surface area contributed by atoms with Crippen LogP contribution in [0.1, 0.15) is 12.8 Å². The van der Waals surface area contributed by atoms with Crippen LogP contribution in [0.25, 0.3) is 0 Å². The molecule has 0 rings (SSSR count). The predicted octanol–water partition coefficient (Wildman–Crippen LogP) is 3.36. The Hall–Kier alpha value is 0.0600. The van der Waals surface area contributed by atoms with Gasteiger partial charge in [-0.05, 0) is 12.8 Å². The lowest BCUT2D eigenvalue weighted by Gasteiger charge is -1.84. The molecule has 0 aliphatic heterocycles. The number of hydrogen-bond donors (Lipinski definition) is 0. The summed E-state index contributed by atoms with van der Waals surface area (Å²) >= 11 is 10.8. The van der Waals surface area contributed by atoms with E-state index in [2.05, 4.69) is 12.2 Å². The second-order valence-corrected chi connectivity index (χ2v) is 2.45. The van der Waals surface area contributed by atoms with E-state index in [1.54, 1.807) is 0 Å². The predicted molar refractivity (Wildman–Crippen MR) is 49.0 cm³/mol. The van der Waals surface area contributed by atoms with Crippen molar-refractivity contribution in [2.45, 2.75) is 12.8 Å². The fourth-order valence-electron chi connectivity index (χ4n) is 0.554. The third-order valence-electron chi connectivity index (χ3n) is 1.01. The van der Waals surface area contributed by atoms with E-state index in [1.807, 2.05) is 12.2 Å². The molecule has 0 amide bonds. The smallest absolute Gasteiger partial charge is 0.0404 e. The minimum Gasteiger partial charge on any atom is -0.122 e. The standard InChI is InChI=1S/C8H12Cl2/c9-7-5-3-1-2-4-6-8-10/h3-6H,1-2,7-8H2. The van der Waals surface area contributed by atoms with Gasteiger partial charge in [0, 0.05) is 11.8 Å². The maximum absolute atomic E-state index is 5.42. The summed E-state index contributed by atoms with van der Waals surface area (Å²) in [7, 11) is 0. The number of rotatable bonds is 5. The van der Waals surface area contributed by atoms with E-state index >= 15 is 0 Å². The molecule has 2 heteroatoms. The van der Waals surface area contributed by atoms with E-state index in [-0.39, 0.29) is 0 Å². The summed E-state index contributed by atoms with van der Waals surface area (Å²) < 4.78 is 0. The van der Waals surface area contributed by atoms with Crippen LogP contribution in [0.4, 0.5) is 0 Å². The third-order valence-corrected chi connectivity index (χ3v) is 1.37. The average molecular weight is 179 g/mol. The molecule has 0 saturated carbocycles. The molecule has 0 aromatic rings. The molecule has 0 fully saturated rings. The second-order valence-electron chi connectivity index (χ2n) is 1.83. The van der Waals surface area contributed by atoms with E-state index in [0.717, 1.165) is 12.8 Å². The first-order valence-corrected chi connectivity index (χ1v) is 4.40. The number of hydrogen-bond acceptors (Lipinski definition) is 0. The summed E-state index contributed by atoms with van der Waals surface area (Å²) in [6, 6.07) is 0. The fourth-order valence-corrected chi connectivity index (χ4v) is 0.806. The zero-order chi connectivity index (χ0) is 7.66. The van der Waals surface area contributed by atoms with Crippen molar-refractivity contribution < 1.29 is 0 Å². The van der Waals surface area contributed by atoms with E-state index in [1.165, 1.54) is 0 Å². The highest BCUT2D eigenvalue weighted by atomic mass is 35.5. The van der Waals surface area contributed by atoms with Crippen molar-refractivity contribution in [3.63, 3.8) is 0 Å². The van der Waals surface area contributed by atoms with E-state index in [4.69, 9.17) is 23.2 Å². The zero-order valence-electron chi connectivity index (χ0n) is 5.89. The molecule has 0 nitrogen and oxygen atoms in total. The van der Waals surface area contributed by atoms with Gasteiger partial charge in [0.2, 0.25) is 0 Å². The minimum absolute atomic E-state index is 0.610. The Morgan fingerprint density at radius 1 is 0.700 bits per heavy atom. The van der Waals surface area contributed by atoms with Gasteiger partial charge in [0.25, 0.3) is 0 Å². The fraction of sp³-hybridized carbons (Fsp3) is 0.500. The van der Waals surface area contributed by atoms with Crippen molar-refractivity contribution in [2.24, 2.45) is 0 Å². The molecule has 0 aliphatic carbocycles. The van der Waals surface area contributed by atoms with Crippen LogP contribution in [0.15, 0.2) is 24.3 Å². The van der Waals surface area contributed by atoms with Crippen LogP contribution in [-0.2, 0) is 0 Å². The lowest BCUT2D eigenvalue weighted by atomic mass is 10.3. The molecule has 0 aromatic heterocycles. The Bertz CT molecular complexity index is 91.8. The molecule has 0 saturated heterocycles. The normalized spacial score (nSPS) is 11.8. The van der Waals surface area contributed by atoms with Gasteiger partial charge in [0.15, 0.2) is 0 Å². The summed E-state index contributed by atoms with van der Waals surface area (Å²) in [5.74, 6) is 1.22. The summed E-state index contributed by atoms with van der Waals surface area (Å²) in [5.41, 5.74) is 0. The molecule has 0 aliphatic rings. The van der Waals surface area contributed by atoms with E-state index in [9.17, 15) is 0 Å². The minimum atomic E-state index is 0.610. The highest BCUT2D eigenvalue weighted by Crippen LogP contribution is 1.93. The Morgan fingerprint density at radius 3 is 1.40 bits per heavy atom. The van der Waals surface area contributed by atoms with Crippen molar-refractivity contribution >= 4 is 23.2 Å². The third kappa shape index (κ3) is 8.06. The summed E-state index contributed by atoms with van der Waals surface area (Å²) in [5, 5.41) is 0. The van der Waals surface area contributed by atoms with Gasteiger partial charge in [-0.1, -0.05) is 24.3 Å². The molecule has 10 heavy (non-hydrogen) atoms. The molecule has 0 radical (unpaired) electrons. The summed E-state index contributed by atoms with van der Waals surface area (Å²) in [4.78, 5) is 0. The van der Waals surface area contributed by atoms with Gasteiger partial charge in [-0.15, -0.1) is 23.2 Å². The largest absolute Gasteiger partial charge is 0.122 e. The van der Waals surface area contributed by atoms with Crippen LogP contribution < -0.4 is 0 Å². The van der Waals surface area contributed by atoms with Crippen molar-refractivity contribution in [1.82, 2.24) is 0 Å². The first kappa shape index (κ1) is 10.1. The maximum Gasteiger partial charge on any atom is 0.0404 e. The SMILES string of the molecule is ClCC=CCCC=CCCl. The van der Waals surface area contributed by atoms with Crippen LogP contribution in [0.3, 0.4) is 0 Å². The van der Waals surface area contributed by atoms with Crippen molar-refractivity contribution in [1.29, 1.82) is 0 Å². The number of allylic oxidation sites excluding steroid dienone is 4.